The van der Waals surface area contributed by atoms with Crippen LogP contribution in [0.2, 0.25) is 5.02 Å². The third-order valence-corrected chi connectivity index (χ3v) is 8.69. The molecule has 6 rings (SSSR count). The van der Waals surface area contributed by atoms with Gasteiger partial charge < -0.3 is 40.6 Å². The fourth-order valence-corrected chi connectivity index (χ4v) is 5.55. The summed E-state index contributed by atoms with van der Waals surface area (Å²) in [7, 11) is 2.84. The van der Waals surface area contributed by atoms with Gasteiger partial charge >= 0.3 is 30.0 Å². The number of halogens is 4. The van der Waals surface area contributed by atoms with Crippen molar-refractivity contribution >= 4 is 58.6 Å². The number of hydrogen-bond acceptors (Lipinski definition) is 13. The number of nitrogens with one attached hydrogen (secondary N) is 5. The van der Waals surface area contributed by atoms with Crippen LogP contribution in [0.4, 0.5) is 36.4 Å². The molecule has 1 aliphatic rings. The van der Waals surface area contributed by atoms with Crippen molar-refractivity contribution in [2.24, 2.45) is 7.05 Å². The lowest BCUT2D eigenvalue weighted by molar-refractivity contribution is -0.154. The zero-order valence-corrected chi connectivity index (χ0v) is 30.8. The normalized spacial score (nSPS) is 13.4. The van der Waals surface area contributed by atoms with Crippen molar-refractivity contribution in [1.29, 1.82) is 0 Å². The zero-order chi connectivity index (χ0) is 40.7. The lowest BCUT2D eigenvalue weighted by Crippen LogP contribution is -2.50. The molecule has 1 saturated carbocycles. The van der Waals surface area contributed by atoms with E-state index in [4.69, 9.17) is 21.1 Å². The van der Waals surface area contributed by atoms with Gasteiger partial charge in [0.05, 0.1) is 12.6 Å². The summed E-state index contributed by atoms with van der Waals surface area (Å²) >= 11 is 6.03. The number of alkyl halides is 3. The van der Waals surface area contributed by atoms with Gasteiger partial charge in [0.25, 0.3) is 5.91 Å². The first kappa shape index (κ1) is 39.9. The summed E-state index contributed by atoms with van der Waals surface area (Å²) < 4.78 is 50.2. The summed E-state index contributed by atoms with van der Waals surface area (Å²) in [4.78, 5) is 63.3. The summed E-state index contributed by atoms with van der Waals surface area (Å²) in [6, 6.07) is 17.4. The molecule has 5 aromatic rings. The first-order chi connectivity index (χ1) is 27.2. The largest absolute Gasteiger partial charge is 0.467 e. The van der Waals surface area contributed by atoms with E-state index in [2.05, 4.69) is 51.7 Å². The molecule has 17 nitrogen and oxygen atoms in total. The van der Waals surface area contributed by atoms with Crippen molar-refractivity contribution in [3.8, 4) is 17.4 Å². The number of benzene rings is 3. The number of aryl methyl sites for hydroxylation is 1. The molecule has 0 unspecified atom stereocenters. The lowest BCUT2D eigenvalue weighted by Gasteiger charge is -2.19. The molecule has 0 spiro atoms. The number of methoxy groups -OCH3 is 1. The Bertz CT molecular complexity index is 2270. The molecule has 1 fully saturated rings. The predicted octanol–water partition coefficient (Wildman–Crippen LogP) is 4.13. The van der Waals surface area contributed by atoms with Crippen LogP contribution in [0.5, 0.6) is 6.01 Å². The number of rotatable bonds is 14. The fraction of sp³-hybridized carbons (Fsp3) is 0.250. The van der Waals surface area contributed by atoms with E-state index in [9.17, 15) is 32.3 Å². The number of aromatic nitrogens is 6. The van der Waals surface area contributed by atoms with E-state index < -0.39 is 60.6 Å². The van der Waals surface area contributed by atoms with Gasteiger partial charge in [-0.05, 0) is 66.9 Å². The first-order valence-corrected chi connectivity index (χ1v) is 17.4. The molecule has 57 heavy (non-hydrogen) atoms. The third kappa shape index (κ3) is 10.5. The van der Waals surface area contributed by atoms with Gasteiger partial charge in [-0.1, -0.05) is 35.9 Å². The highest BCUT2D eigenvalue weighted by atomic mass is 35.5. The molecule has 0 bridgehead atoms. The van der Waals surface area contributed by atoms with Gasteiger partial charge in [-0.3, -0.25) is 14.4 Å². The van der Waals surface area contributed by atoms with Crippen LogP contribution in [-0.2, 0) is 31.7 Å². The summed E-state index contributed by atoms with van der Waals surface area (Å²) in [6.07, 6.45) is -1.74. The molecule has 2 aromatic heterocycles. The average molecular weight is 808 g/mol. The second kappa shape index (κ2) is 16.9. The highest BCUT2D eigenvalue weighted by Gasteiger charge is 2.45. The van der Waals surface area contributed by atoms with E-state index in [-0.39, 0.29) is 17.5 Å². The molecule has 1 atom stereocenters. The summed E-state index contributed by atoms with van der Waals surface area (Å²) in [6.45, 7) is -2.12. The van der Waals surface area contributed by atoms with E-state index >= 15 is 0 Å². The summed E-state index contributed by atoms with van der Waals surface area (Å²) in [5, 5.41) is 21.7. The number of carbonyl (C=O) groups is 4. The van der Waals surface area contributed by atoms with Gasteiger partial charge in [-0.2, -0.15) is 28.1 Å². The Morgan fingerprint density at radius 2 is 1.65 bits per heavy atom. The van der Waals surface area contributed by atoms with Crippen LogP contribution >= 0.6 is 11.6 Å². The zero-order valence-electron chi connectivity index (χ0n) is 30.1. The highest BCUT2D eigenvalue weighted by molar-refractivity contribution is 6.39. The van der Waals surface area contributed by atoms with Crippen LogP contribution in [0.1, 0.15) is 28.8 Å². The number of carbonyl (C=O) groups excluding carboxylic acids is 4. The Kier molecular flexibility index (Phi) is 11.8. The van der Waals surface area contributed by atoms with Crippen molar-refractivity contribution < 1.29 is 41.8 Å². The molecule has 21 heteroatoms. The Balaban J connectivity index is 1.08. The van der Waals surface area contributed by atoms with Gasteiger partial charge in [0, 0.05) is 41.1 Å². The van der Waals surface area contributed by atoms with E-state index in [0.29, 0.717) is 40.6 Å². The average Bonchev–Trinajstić information content (AvgIpc) is 3.83. The van der Waals surface area contributed by atoms with Crippen LogP contribution in [0, 0.1) is 0 Å². The van der Waals surface area contributed by atoms with E-state index in [1.165, 1.54) is 30.6 Å². The quantitative estimate of drug-likeness (QED) is 0.0789. The minimum atomic E-state index is -4.65. The molecular formula is C36H33ClF3N11O6. The van der Waals surface area contributed by atoms with Crippen LogP contribution in [-0.4, -0.2) is 85.9 Å². The van der Waals surface area contributed by atoms with Crippen LogP contribution < -0.4 is 31.3 Å². The van der Waals surface area contributed by atoms with E-state index in [0.717, 1.165) is 12.7 Å². The number of anilines is 4. The van der Waals surface area contributed by atoms with Gasteiger partial charge in [0.2, 0.25) is 11.9 Å². The number of nitrogens with zero attached hydrogens (tertiary/aromatic N) is 6. The Labute approximate surface area is 326 Å². The second-order valence-electron chi connectivity index (χ2n) is 12.6. The molecule has 0 aliphatic heterocycles. The standard InChI is InChI=1S/C36H33ClF3N11O6/c1-51-19-42-50-27(51)21-4-3-5-25(16-21)43-30(54)29(53)41-17-26(31(55)56-2)45-28(52)20-6-12-24(13-7-20)44-32-46-33(48-34(47-32)57-18-36(38,39)40)49-35(14-15-35)22-8-10-23(37)11-9-22/h3-13,16,19,26H,14-15,17-18H2,1-2H3,(H,41,53)(H,43,54)(H,45,52)(H2,44,46,47,48,49)/t26-/m0/s1. The van der Waals surface area contributed by atoms with Crippen LogP contribution in [0.3, 0.4) is 0 Å². The Hall–Kier alpha value is -6.83. The van der Waals surface area contributed by atoms with E-state index in [1.807, 2.05) is 12.1 Å². The molecule has 1 aliphatic carbocycles. The molecule has 3 aromatic carbocycles. The third-order valence-electron chi connectivity index (χ3n) is 8.43. The topological polar surface area (TPSA) is 216 Å². The number of hydrogen-bond donors (Lipinski definition) is 5. The predicted molar refractivity (Wildman–Crippen MR) is 198 cm³/mol. The van der Waals surface area contributed by atoms with Crippen molar-refractivity contribution in [2.45, 2.75) is 30.6 Å². The number of ether oxygens (including phenoxy) is 2. The minimum Gasteiger partial charge on any atom is -0.467 e. The van der Waals surface area contributed by atoms with Crippen molar-refractivity contribution in [3.63, 3.8) is 0 Å². The summed E-state index contributed by atoms with van der Waals surface area (Å²) in [5.74, 6) is -3.41. The Morgan fingerprint density at radius 3 is 2.30 bits per heavy atom. The molecule has 5 N–H and O–H groups in total. The minimum absolute atomic E-state index is 0.0425. The highest BCUT2D eigenvalue weighted by Crippen LogP contribution is 2.48. The smallest absolute Gasteiger partial charge is 0.422 e. The molecule has 3 amide bonds. The maximum atomic E-state index is 13.1. The monoisotopic (exact) mass is 807 g/mol. The summed E-state index contributed by atoms with van der Waals surface area (Å²) in [5.41, 5.74) is 1.66. The first-order valence-electron chi connectivity index (χ1n) is 17.0. The molecule has 0 radical (unpaired) electrons. The Morgan fingerprint density at radius 1 is 0.930 bits per heavy atom. The SMILES string of the molecule is COC(=O)[C@H](CNC(=O)C(=O)Nc1cccc(-c2nncn2C)c1)NC(=O)c1ccc(Nc2nc(NC3(c4ccc(Cl)cc4)CC3)nc(OCC(F)(F)F)n2)cc1. The van der Waals surface area contributed by atoms with E-state index in [1.54, 1.807) is 48.0 Å². The van der Waals surface area contributed by atoms with Gasteiger partial charge in [-0.25, -0.2) is 4.79 Å². The van der Waals surface area contributed by atoms with Crippen molar-refractivity contribution in [1.82, 2.24) is 40.3 Å². The molecule has 2 heterocycles. The van der Waals surface area contributed by atoms with Gasteiger partial charge in [0.1, 0.15) is 12.4 Å². The maximum absolute atomic E-state index is 13.1. The van der Waals surface area contributed by atoms with Crippen LogP contribution in [0.25, 0.3) is 11.4 Å². The second-order valence-corrected chi connectivity index (χ2v) is 13.1. The maximum Gasteiger partial charge on any atom is 0.422 e. The fourth-order valence-electron chi connectivity index (χ4n) is 5.43. The van der Waals surface area contributed by atoms with Gasteiger partial charge in [-0.15, -0.1) is 10.2 Å². The van der Waals surface area contributed by atoms with Gasteiger partial charge in [0.15, 0.2) is 12.4 Å². The van der Waals surface area contributed by atoms with Crippen molar-refractivity contribution in [2.75, 3.05) is 36.2 Å². The lowest BCUT2D eigenvalue weighted by atomic mass is 10.1. The van der Waals surface area contributed by atoms with Crippen LogP contribution in [0.15, 0.2) is 79.1 Å². The molecule has 0 saturated heterocycles. The molecular weight excluding hydrogens is 775 g/mol. The number of amides is 3. The molecule has 296 valence electrons. The number of esters is 1. The van der Waals surface area contributed by atoms with Crippen molar-refractivity contribution in [3.05, 3.63) is 95.3 Å².